The van der Waals surface area contributed by atoms with Crippen molar-refractivity contribution >= 4 is 11.8 Å². The third-order valence-electron chi connectivity index (χ3n) is 3.83. The predicted octanol–water partition coefficient (Wildman–Crippen LogP) is 0.362. The summed E-state index contributed by atoms with van der Waals surface area (Å²) in [4.78, 5) is 32.4. The minimum absolute atomic E-state index is 0.0487. The van der Waals surface area contributed by atoms with Gasteiger partial charge in [0.15, 0.2) is 0 Å². The fourth-order valence-electron chi connectivity index (χ4n) is 2.67. The highest BCUT2D eigenvalue weighted by Gasteiger charge is 2.35. The summed E-state index contributed by atoms with van der Waals surface area (Å²) in [5, 5.41) is 2.69. The maximum atomic E-state index is 12.5. The van der Waals surface area contributed by atoms with Crippen molar-refractivity contribution in [3.63, 3.8) is 0 Å². The standard InChI is InChI=1S/C15H22N4O2/c1-11(2)19-8-7-18(10-13(19)14(20)16-3)15(21)12-5-4-6-17-9-12/h4-6,9,11,13H,7-8,10H2,1-3H3,(H,16,20). The topological polar surface area (TPSA) is 65.5 Å². The Balaban J connectivity index is 2.14. The molecule has 0 radical (unpaired) electrons. The van der Waals surface area contributed by atoms with Gasteiger partial charge in [0.2, 0.25) is 5.91 Å². The summed E-state index contributed by atoms with van der Waals surface area (Å²) >= 11 is 0. The van der Waals surface area contributed by atoms with Gasteiger partial charge in [-0.2, -0.15) is 0 Å². The third-order valence-corrected chi connectivity index (χ3v) is 3.83. The van der Waals surface area contributed by atoms with Crippen molar-refractivity contribution in [1.82, 2.24) is 20.1 Å². The molecule has 0 aromatic carbocycles. The highest BCUT2D eigenvalue weighted by atomic mass is 16.2. The van der Waals surface area contributed by atoms with E-state index in [4.69, 9.17) is 0 Å². The molecule has 0 saturated carbocycles. The lowest BCUT2D eigenvalue weighted by molar-refractivity contribution is -0.128. The van der Waals surface area contributed by atoms with Crippen molar-refractivity contribution in [2.75, 3.05) is 26.7 Å². The molecule has 1 aromatic heterocycles. The second kappa shape index (κ2) is 6.67. The van der Waals surface area contributed by atoms with Crippen LogP contribution >= 0.6 is 0 Å². The Bertz CT molecular complexity index is 504. The van der Waals surface area contributed by atoms with Crippen LogP contribution in [0.1, 0.15) is 24.2 Å². The zero-order valence-corrected chi connectivity index (χ0v) is 12.7. The predicted molar refractivity (Wildman–Crippen MR) is 79.8 cm³/mol. The van der Waals surface area contributed by atoms with Crippen molar-refractivity contribution < 1.29 is 9.59 Å². The third kappa shape index (κ3) is 3.39. The molecule has 2 rings (SSSR count). The molecule has 6 heteroatoms. The van der Waals surface area contributed by atoms with Gasteiger partial charge in [0.05, 0.1) is 5.56 Å². The molecule has 1 aliphatic heterocycles. The lowest BCUT2D eigenvalue weighted by Crippen LogP contribution is -2.61. The zero-order valence-electron chi connectivity index (χ0n) is 12.7. The largest absolute Gasteiger partial charge is 0.358 e. The molecular formula is C15H22N4O2. The molecule has 1 N–H and O–H groups in total. The maximum Gasteiger partial charge on any atom is 0.255 e. The van der Waals surface area contributed by atoms with Crippen LogP contribution in [0.5, 0.6) is 0 Å². The van der Waals surface area contributed by atoms with Crippen molar-refractivity contribution in [1.29, 1.82) is 0 Å². The van der Waals surface area contributed by atoms with Crippen molar-refractivity contribution in [2.45, 2.75) is 25.9 Å². The maximum absolute atomic E-state index is 12.5. The van der Waals surface area contributed by atoms with Crippen molar-refractivity contribution in [2.24, 2.45) is 0 Å². The Morgan fingerprint density at radius 3 is 2.71 bits per heavy atom. The molecule has 1 aliphatic rings. The highest BCUT2D eigenvalue weighted by Crippen LogP contribution is 2.16. The summed E-state index contributed by atoms with van der Waals surface area (Å²) in [5.41, 5.74) is 0.561. The number of pyridine rings is 1. The number of aromatic nitrogens is 1. The molecule has 1 unspecified atom stereocenters. The molecule has 0 aliphatic carbocycles. The number of nitrogens with zero attached hydrogens (tertiary/aromatic N) is 3. The molecule has 1 saturated heterocycles. The molecule has 114 valence electrons. The fraction of sp³-hybridized carbons (Fsp3) is 0.533. The van der Waals surface area contributed by atoms with Crippen LogP contribution in [0.4, 0.5) is 0 Å². The fourth-order valence-corrected chi connectivity index (χ4v) is 2.67. The molecule has 0 bridgehead atoms. The van der Waals surface area contributed by atoms with Crippen molar-refractivity contribution in [3.8, 4) is 0 Å². The van der Waals surface area contributed by atoms with Crippen LogP contribution in [0.15, 0.2) is 24.5 Å². The second-order valence-corrected chi connectivity index (χ2v) is 5.45. The number of hydrogen-bond acceptors (Lipinski definition) is 4. The number of carbonyl (C=O) groups is 2. The van der Waals surface area contributed by atoms with E-state index in [1.807, 2.05) is 0 Å². The van der Waals surface area contributed by atoms with Gasteiger partial charge in [-0.15, -0.1) is 0 Å². The molecular weight excluding hydrogens is 268 g/mol. The van der Waals surface area contributed by atoms with E-state index in [0.717, 1.165) is 0 Å². The van der Waals surface area contributed by atoms with Gasteiger partial charge >= 0.3 is 0 Å². The summed E-state index contributed by atoms with van der Waals surface area (Å²) in [6, 6.07) is 3.46. The molecule has 6 nitrogen and oxygen atoms in total. The van der Waals surface area contributed by atoms with Crippen LogP contribution < -0.4 is 5.32 Å². The number of hydrogen-bond donors (Lipinski definition) is 1. The number of likely N-dealkylation sites (N-methyl/N-ethyl adjacent to an activating group) is 1. The van der Waals surface area contributed by atoms with Crippen LogP contribution in [0.3, 0.4) is 0 Å². The average molecular weight is 290 g/mol. The Morgan fingerprint density at radius 1 is 1.38 bits per heavy atom. The number of rotatable bonds is 3. The van der Waals surface area contributed by atoms with E-state index in [1.54, 1.807) is 36.5 Å². The molecule has 0 spiro atoms. The minimum Gasteiger partial charge on any atom is -0.358 e. The van der Waals surface area contributed by atoms with Gasteiger partial charge in [0, 0.05) is 45.1 Å². The summed E-state index contributed by atoms with van der Waals surface area (Å²) in [6.07, 6.45) is 3.20. The van der Waals surface area contributed by atoms with E-state index in [0.29, 0.717) is 25.2 Å². The van der Waals surface area contributed by atoms with Crippen LogP contribution in [-0.2, 0) is 4.79 Å². The zero-order chi connectivity index (χ0) is 15.4. The van der Waals surface area contributed by atoms with Gasteiger partial charge in [-0.25, -0.2) is 0 Å². The molecule has 1 atom stereocenters. The summed E-state index contributed by atoms with van der Waals surface area (Å²) in [5.74, 6) is -0.118. The molecule has 2 amide bonds. The van der Waals surface area contributed by atoms with Gasteiger partial charge in [0.25, 0.3) is 5.91 Å². The molecule has 21 heavy (non-hydrogen) atoms. The first-order valence-corrected chi connectivity index (χ1v) is 7.21. The number of carbonyl (C=O) groups excluding carboxylic acids is 2. The molecule has 2 heterocycles. The Labute approximate surface area is 125 Å². The van der Waals surface area contributed by atoms with E-state index < -0.39 is 0 Å². The number of piperazine rings is 1. The van der Waals surface area contributed by atoms with E-state index in [9.17, 15) is 9.59 Å². The summed E-state index contributed by atoms with van der Waals surface area (Å²) in [7, 11) is 1.63. The Morgan fingerprint density at radius 2 is 2.14 bits per heavy atom. The van der Waals surface area contributed by atoms with E-state index in [-0.39, 0.29) is 23.9 Å². The highest BCUT2D eigenvalue weighted by molar-refractivity contribution is 5.94. The van der Waals surface area contributed by atoms with Gasteiger partial charge < -0.3 is 10.2 Å². The average Bonchev–Trinajstić information content (AvgIpc) is 2.53. The van der Waals surface area contributed by atoms with Gasteiger partial charge in [-0.05, 0) is 26.0 Å². The minimum atomic E-state index is -0.302. The van der Waals surface area contributed by atoms with Crippen LogP contribution in [0.25, 0.3) is 0 Å². The Hall–Kier alpha value is -1.95. The van der Waals surface area contributed by atoms with Crippen LogP contribution in [0.2, 0.25) is 0 Å². The second-order valence-electron chi connectivity index (χ2n) is 5.45. The van der Waals surface area contributed by atoms with E-state index >= 15 is 0 Å². The van der Waals surface area contributed by atoms with E-state index in [1.165, 1.54) is 0 Å². The first-order chi connectivity index (χ1) is 10.0. The van der Waals surface area contributed by atoms with Crippen LogP contribution in [-0.4, -0.2) is 65.4 Å². The Kier molecular flexibility index (Phi) is 4.90. The monoisotopic (exact) mass is 290 g/mol. The van der Waals surface area contributed by atoms with Gasteiger partial charge in [-0.3, -0.25) is 19.5 Å². The number of nitrogens with one attached hydrogen (secondary N) is 1. The van der Waals surface area contributed by atoms with Gasteiger partial charge in [0.1, 0.15) is 6.04 Å². The van der Waals surface area contributed by atoms with Crippen LogP contribution in [0, 0.1) is 0 Å². The van der Waals surface area contributed by atoms with Crippen molar-refractivity contribution in [3.05, 3.63) is 30.1 Å². The van der Waals surface area contributed by atoms with E-state index in [2.05, 4.69) is 29.0 Å². The molecule has 1 aromatic rings. The first-order valence-electron chi connectivity index (χ1n) is 7.21. The quantitative estimate of drug-likeness (QED) is 0.873. The normalized spacial score (nSPS) is 19.6. The molecule has 1 fully saturated rings. The lowest BCUT2D eigenvalue weighted by atomic mass is 10.1. The number of amides is 2. The first kappa shape index (κ1) is 15.4. The summed E-state index contributed by atoms with van der Waals surface area (Å²) < 4.78 is 0. The SMILES string of the molecule is CNC(=O)C1CN(C(=O)c2cccnc2)CCN1C(C)C. The summed E-state index contributed by atoms with van der Waals surface area (Å²) in [6.45, 7) is 5.86. The smallest absolute Gasteiger partial charge is 0.255 e. The van der Waals surface area contributed by atoms with Gasteiger partial charge in [-0.1, -0.05) is 0 Å². The lowest BCUT2D eigenvalue weighted by Gasteiger charge is -2.42.